The van der Waals surface area contributed by atoms with Gasteiger partial charge in [0.05, 0.1) is 11.0 Å². The molecular weight excluding hydrogens is 280 g/mol. The first kappa shape index (κ1) is 11.0. The topological polar surface area (TPSA) is 55.9 Å². The fourth-order valence-electron chi connectivity index (χ4n) is 2.47. The van der Waals surface area contributed by atoms with Crippen molar-refractivity contribution in [3.8, 4) is 0 Å². The first-order valence-corrected chi connectivity index (χ1v) is 6.66. The predicted molar refractivity (Wildman–Crippen MR) is 72.8 cm³/mol. The van der Waals surface area contributed by atoms with Gasteiger partial charge in [-0.2, -0.15) is 0 Å². The molecule has 0 bridgehead atoms. The standard InChI is InChI=1S/C12H15BrN4/c13-9-2-1-3-10-11(9)17(12(14)16-10)7-8-4-5-15-6-8/h1-3,8,15H,4-7H2,(H2,14,16). The van der Waals surface area contributed by atoms with Gasteiger partial charge in [-0.25, -0.2) is 4.98 Å². The van der Waals surface area contributed by atoms with Gasteiger partial charge in [-0.05, 0) is 53.5 Å². The van der Waals surface area contributed by atoms with Crippen molar-refractivity contribution in [1.82, 2.24) is 14.9 Å². The van der Waals surface area contributed by atoms with E-state index in [0.717, 1.165) is 35.1 Å². The number of rotatable bonds is 2. The highest BCUT2D eigenvalue weighted by atomic mass is 79.9. The van der Waals surface area contributed by atoms with Crippen LogP contribution in [0.1, 0.15) is 6.42 Å². The second-order valence-corrected chi connectivity index (χ2v) is 5.40. The van der Waals surface area contributed by atoms with E-state index in [0.29, 0.717) is 11.9 Å². The number of nitrogens with zero attached hydrogens (tertiary/aromatic N) is 2. The van der Waals surface area contributed by atoms with Crippen molar-refractivity contribution in [2.24, 2.45) is 5.92 Å². The smallest absolute Gasteiger partial charge is 0.201 e. The Morgan fingerprint density at radius 1 is 1.53 bits per heavy atom. The summed E-state index contributed by atoms with van der Waals surface area (Å²) < 4.78 is 3.18. The van der Waals surface area contributed by atoms with Crippen LogP contribution in [0.5, 0.6) is 0 Å². The zero-order chi connectivity index (χ0) is 11.8. The van der Waals surface area contributed by atoms with Crippen LogP contribution < -0.4 is 11.1 Å². The molecule has 1 atom stereocenters. The lowest BCUT2D eigenvalue weighted by Gasteiger charge is -2.12. The highest BCUT2D eigenvalue weighted by Gasteiger charge is 2.18. The SMILES string of the molecule is Nc1nc2cccc(Br)c2n1CC1CCNC1. The number of aromatic nitrogens is 2. The van der Waals surface area contributed by atoms with Crippen molar-refractivity contribution in [2.45, 2.75) is 13.0 Å². The van der Waals surface area contributed by atoms with E-state index in [1.54, 1.807) is 0 Å². The van der Waals surface area contributed by atoms with Crippen LogP contribution in [0.25, 0.3) is 11.0 Å². The van der Waals surface area contributed by atoms with Gasteiger partial charge in [0, 0.05) is 11.0 Å². The monoisotopic (exact) mass is 294 g/mol. The number of nitrogens with two attached hydrogens (primary N) is 1. The summed E-state index contributed by atoms with van der Waals surface area (Å²) in [7, 11) is 0. The van der Waals surface area contributed by atoms with E-state index in [9.17, 15) is 0 Å². The minimum atomic E-state index is 0.610. The normalized spacial score (nSPS) is 20.2. The fourth-order valence-corrected chi connectivity index (χ4v) is 3.04. The van der Waals surface area contributed by atoms with E-state index in [2.05, 4.69) is 30.8 Å². The maximum Gasteiger partial charge on any atom is 0.201 e. The van der Waals surface area contributed by atoms with E-state index >= 15 is 0 Å². The van der Waals surface area contributed by atoms with E-state index in [4.69, 9.17) is 5.73 Å². The van der Waals surface area contributed by atoms with Crippen LogP contribution in [0, 0.1) is 5.92 Å². The maximum atomic E-state index is 6.01. The van der Waals surface area contributed by atoms with E-state index in [-0.39, 0.29) is 0 Å². The Labute approximate surface area is 108 Å². The summed E-state index contributed by atoms with van der Waals surface area (Å²) in [6.45, 7) is 3.12. The summed E-state index contributed by atoms with van der Waals surface area (Å²) in [6, 6.07) is 6.02. The third-order valence-electron chi connectivity index (χ3n) is 3.35. The maximum absolute atomic E-state index is 6.01. The zero-order valence-corrected chi connectivity index (χ0v) is 11.1. The Hall–Kier alpha value is -1.07. The molecule has 1 aromatic carbocycles. The third-order valence-corrected chi connectivity index (χ3v) is 3.99. The fraction of sp³-hybridized carbons (Fsp3) is 0.417. The summed E-state index contributed by atoms with van der Waals surface area (Å²) in [4.78, 5) is 4.41. The molecule has 3 N–H and O–H groups in total. The second-order valence-electron chi connectivity index (χ2n) is 4.55. The van der Waals surface area contributed by atoms with Gasteiger partial charge in [0.25, 0.3) is 0 Å². The van der Waals surface area contributed by atoms with Gasteiger partial charge >= 0.3 is 0 Å². The summed E-state index contributed by atoms with van der Waals surface area (Å²) in [5.41, 5.74) is 8.08. The Morgan fingerprint density at radius 3 is 3.18 bits per heavy atom. The van der Waals surface area contributed by atoms with Crippen molar-refractivity contribution >= 4 is 32.9 Å². The van der Waals surface area contributed by atoms with Gasteiger partial charge in [0.15, 0.2) is 0 Å². The third kappa shape index (κ3) is 1.93. The van der Waals surface area contributed by atoms with E-state index < -0.39 is 0 Å². The number of fused-ring (bicyclic) bond motifs is 1. The average molecular weight is 295 g/mol. The molecule has 1 saturated heterocycles. The lowest BCUT2D eigenvalue weighted by Crippen LogP contribution is -2.15. The van der Waals surface area contributed by atoms with Crippen molar-refractivity contribution in [2.75, 3.05) is 18.8 Å². The molecule has 1 aliphatic heterocycles. The predicted octanol–water partition coefficient (Wildman–Crippen LogP) is 1.99. The second kappa shape index (κ2) is 4.31. The molecule has 90 valence electrons. The van der Waals surface area contributed by atoms with Gasteiger partial charge in [0.2, 0.25) is 5.95 Å². The molecule has 0 radical (unpaired) electrons. The molecule has 0 saturated carbocycles. The molecular formula is C12H15BrN4. The minimum Gasteiger partial charge on any atom is -0.369 e. The number of para-hydroxylation sites is 1. The van der Waals surface area contributed by atoms with Gasteiger partial charge in [-0.3, -0.25) is 0 Å². The average Bonchev–Trinajstić information content (AvgIpc) is 2.89. The molecule has 1 aromatic heterocycles. The first-order valence-electron chi connectivity index (χ1n) is 5.86. The molecule has 1 aliphatic rings. The summed E-state index contributed by atoms with van der Waals surface area (Å²) in [5.74, 6) is 1.26. The van der Waals surface area contributed by atoms with Crippen molar-refractivity contribution in [3.63, 3.8) is 0 Å². The number of imidazole rings is 1. The number of nitrogens with one attached hydrogen (secondary N) is 1. The van der Waals surface area contributed by atoms with Crippen LogP contribution in [-0.2, 0) is 6.54 Å². The zero-order valence-electron chi connectivity index (χ0n) is 9.49. The highest BCUT2D eigenvalue weighted by Crippen LogP contribution is 2.27. The van der Waals surface area contributed by atoms with Gasteiger partial charge in [-0.15, -0.1) is 0 Å². The molecule has 0 aliphatic carbocycles. The number of anilines is 1. The largest absolute Gasteiger partial charge is 0.369 e. The number of halogens is 1. The molecule has 3 rings (SSSR count). The number of hydrogen-bond acceptors (Lipinski definition) is 3. The first-order chi connectivity index (χ1) is 8.25. The summed E-state index contributed by atoms with van der Waals surface area (Å²) in [6.07, 6.45) is 1.21. The molecule has 17 heavy (non-hydrogen) atoms. The van der Waals surface area contributed by atoms with Crippen molar-refractivity contribution in [3.05, 3.63) is 22.7 Å². The van der Waals surface area contributed by atoms with Crippen LogP contribution in [0.15, 0.2) is 22.7 Å². The van der Waals surface area contributed by atoms with E-state index in [1.807, 2.05) is 18.2 Å². The van der Waals surface area contributed by atoms with Crippen molar-refractivity contribution < 1.29 is 0 Å². The molecule has 1 fully saturated rings. The number of benzene rings is 1. The molecule has 4 nitrogen and oxygen atoms in total. The van der Waals surface area contributed by atoms with Gasteiger partial charge < -0.3 is 15.6 Å². The Bertz CT molecular complexity index is 543. The van der Waals surface area contributed by atoms with Crippen LogP contribution in [-0.4, -0.2) is 22.6 Å². The van der Waals surface area contributed by atoms with Crippen molar-refractivity contribution in [1.29, 1.82) is 0 Å². The minimum absolute atomic E-state index is 0.610. The lowest BCUT2D eigenvalue weighted by atomic mass is 10.1. The number of hydrogen-bond donors (Lipinski definition) is 2. The lowest BCUT2D eigenvalue weighted by molar-refractivity contribution is 0.493. The Kier molecular flexibility index (Phi) is 2.80. The molecule has 1 unspecified atom stereocenters. The van der Waals surface area contributed by atoms with Crippen LogP contribution in [0.4, 0.5) is 5.95 Å². The molecule has 2 aromatic rings. The molecule has 0 amide bonds. The van der Waals surface area contributed by atoms with Gasteiger partial charge in [-0.1, -0.05) is 6.07 Å². The number of nitrogen functional groups attached to an aromatic ring is 1. The Balaban J connectivity index is 2.04. The summed E-state index contributed by atoms with van der Waals surface area (Å²) in [5, 5.41) is 3.38. The molecule has 5 heteroatoms. The molecule has 2 heterocycles. The molecule has 0 spiro atoms. The van der Waals surface area contributed by atoms with Crippen LogP contribution in [0.3, 0.4) is 0 Å². The summed E-state index contributed by atoms with van der Waals surface area (Å²) >= 11 is 3.58. The van der Waals surface area contributed by atoms with E-state index in [1.165, 1.54) is 6.42 Å². The quantitative estimate of drug-likeness (QED) is 0.891. The van der Waals surface area contributed by atoms with Crippen LogP contribution in [0.2, 0.25) is 0 Å². The Morgan fingerprint density at radius 2 is 2.41 bits per heavy atom. The van der Waals surface area contributed by atoms with Crippen LogP contribution >= 0.6 is 15.9 Å². The highest BCUT2D eigenvalue weighted by molar-refractivity contribution is 9.10. The van der Waals surface area contributed by atoms with Gasteiger partial charge in [0.1, 0.15) is 0 Å².